The molecule has 3 heterocycles. The van der Waals surface area contributed by atoms with Crippen molar-refractivity contribution in [3.63, 3.8) is 0 Å². The van der Waals surface area contributed by atoms with Crippen LogP contribution >= 0.6 is 22.9 Å². The molecule has 216 valence electrons. The SMILES string of the molecule is Cc1c(-c2nc3cc(CO)cc(Cl)c3o2)cccc1-c1cccc(-c2nc3c(s2)CN(C(=O)OC(C)(C)C)CC3)c1C. The molecular weight excluding hydrogens is 570 g/mol. The molecule has 42 heavy (non-hydrogen) atoms. The maximum atomic E-state index is 12.7. The number of benzene rings is 3. The Labute approximate surface area is 253 Å². The molecule has 3 aromatic carbocycles. The third kappa shape index (κ3) is 5.30. The summed E-state index contributed by atoms with van der Waals surface area (Å²) in [6.45, 7) is 10.8. The van der Waals surface area contributed by atoms with Gasteiger partial charge in [-0.3, -0.25) is 0 Å². The van der Waals surface area contributed by atoms with E-state index < -0.39 is 5.60 Å². The minimum absolute atomic E-state index is 0.119. The molecule has 0 saturated heterocycles. The Morgan fingerprint density at radius 2 is 1.71 bits per heavy atom. The molecule has 1 N–H and O–H groups in total. The van der Waals surface area contributed by atoms with Crippen molar-refractivity contribution in [2.75, 3.05) is 6.54 Å². The van der Waals surface area contributed by atoms with Crippen molar-refractivity contribution in [1.82, 2.24) is 14.9 Å². The van der Waals surface area contributed by atoms with Crippen LogP contribution in [0.3, 0.4) is 0 Å². The van der Waals surface area contributed by atoms with E-state index in [-0.39, 0.29) is 12.7 Å². The third-order valence-electron chi connectivity index (χ3n) is 7.49. The average Bonchev–Trinajstić information content (AvgIpc) is 3.57. The highest BCUT2D eigenvalue weighted by atomic mass is 35.5. The first-order chi connectivity index (χ1) is 20.0. The van der Waals surface area contributed by atoms with Crippen LogP contribution in [0.2, 0.25) is 5.02 Å². The number of ether oxygens (including phenoxy) is 1. The summed E-state index contributed by atoms with van der Waals surface area (Å²) in [6, 6.07) is 15.9. The number of rotatable bonds is 4. The molecule has 0 fully saturated rings. The lowest BCUT2D eigenvalue weighted by Crippen LogP contribution is -2.39. The van der Waals surface area contributed by atoms with E-state index in [4.69, 9.17) is 30.7 Å². The Bertz CT molecular complexity index is 1840. The van der Waals surface area contributed by atoms with Crippen LogP contribution in [0.4, 0.5) is 4.79 Å². The van der Waals surface area contributed by atoms with Crippen molar-refractivity contribution in [2.45, 2.75) is 59.8 Å². The molecular formula is C33H32ClN3O4S. The van der Waals surface area contributed by atoms with E-state index in [2.05, 4.69) is 38.1 Å². The summed E-state index contributed by atoms with van der Waals surface area (Å²) in [5.41, 5.74) is 8.62. The van der Waals surface area contributed by atoms with Gasteiger partial charge in [-0.2, -0.15) is 0 Å². The molecule has 0 atom stereocenters. The number of oxazole rings is 1. The highest BCUT2D eigenvalue weighted by Gasteiger charge is 2.28. The molecule has 0 bridgehead atoms. The normalized spacial score (nSPS) is 13.5. The highest BCUT2D eigenvalue weighted by molar-refractivity contribution is 7.15. The number of halogens is 1. The van der Waals surface area contributed by atoms with Crippen LogP contribution in [0.25, 0.3) is 44.3 Å². The van der Waals surface area contributed by atoms with E-state index >= 15 is 0 Å². The molecule has 6 rings (SSSR count). The molecule has 0 saturated carbocycles. The zero-order chi connectivity index (χ0) is 29.8. The topological polar surface area (TPSA) is 88.7 Å². The van der Waals surface area contributed by atoms with Gasteiger partial charge < -0.3 is 19.2 Å². The van der Waals surface area contributed by atoms with E-state index in [0.717, 1.165) is 49.0 Å². The summed E-state index contributed by atoms with van der Waals surface area (Å²) < 4.78 is 11.7. The Kier molecular flexibility index (Phi) is 7.33. The van der Waals surface area contributed by atoms with Crippen molar-refractivity contribution >= 4 is 40.1 Å². The van der Waals surface area contributed by atoms with Gasteiger partial charge in [-0.1, -0.05) is 41.9 Å². The summed E-state index contributed by atoms with van der Waals surface area (Å²) >= 11 is 8.06. The largest absolute Gasteiger partial charge is 0.444 e. The van der Waals surface area contributed by atoms with Crippen molar-refractivity contribution in [2.24, 2.45) is 0 Å². The lowest BCUT2D eigenvalue weighted by Gasteiger charge is -2.29. The predicted octanol–water partition coefficient (Wildman–Crippen LogP) is 8.34. The molecule has 0 spiro atoms. The van der Waals surface area contributed by atoms with Crippen LogP contribution < -0.4 is 0 Å². The number of aromatic nitrogens is 2. The summed E-state index contributed by atoms with van der Waals surface area (Å²) in [5.74, 6) is 0.484. The van der Waals surface area contributed by atoms with E-state index in [1.807, 2.05) is 32.9 Å². The standard InChI is InChI=1S/C33H32ClN3O4S/c1-18-21(8-6-10-23(18)30-35-27-15-20(17-38)14-25(34)29(27)40-30)22-9-7-11-24(19(22)2)31-36-26-12-13-37(16-28(26)42-31)32(39)41-33(3,4)5/h6-11,14-15,38H,12-13,16-17H2,1-5H3. The minimum Gasteiger partial charge on any atom is -0.444 e. The lowest BCUT2D eigenvalue weighted by atomic mass is 9.91. The summed E-state index contributed by atoms with van der Waals surface area (Å²) in [5, 5.41) is 10.9. The van der Waals surface area contributed by atoms with Crippen molar-refractivity contribution in [1.29, 1.82) is 0 Å². The van der Waals surface area contributed by atoms with Gasteiger partial charge in [0, 0.05) is 29.0 Å². The third-order valence-corrected chi connectivity index (χ3v) is 8.89. The van der Waals surface area contributed by atoms with Gasteiger partial charge in [0.2, 0.25) is 5.89 Å². The molecule has 5 aromatic rings. The number of thiazole rings is 1. The van der Waals surface area contributed by atoms with Crippen LogP contribution in [-0.4, -0.2) is 38.2 Å². The fourth-order valence-electron chi connectivity index (χ4n) is 5.36. The molecule has 0 aliphatic carbocycles. The quantitative estimate of drug-likeness (QED) is 0.223. The summed E-state index contributed by atoms with van der Waals surface area (Å²) in [4.78, 5) is 25.2. The molecule has 9 heteroatoms. The monoisotopic (exact) mass is 601 g/mol. The smallest absolute Gasteiger partial charge is 0.410 e. The molecule has 2 aromatic heterocycles. The van der Waals surface area contributed by atoms with Crippen LogP contribution in [0, 0.1) is 13.8 Å². The second-order valence-electron chi connectivity index (χ2n) is 11.6. The fourth-order valence-corrected chi connectivity index (χ4v) is 6.85. The van der Waals surface area contributed by atoms with Gasteiger partial charge in [0.15, 0.2) is 5.58 Å². The Balaban J connectivity index is 1.33. The number of fused-ring (bicyclic) bond motifs is 2. The number of nitrogens with zero attached hydrogens (tertiary/aromatic N) is 3. The number of carbonyl (C=O) groups excluding carboxylic acids is 1. The van der Waals surface area contributed by atoms with Gasteiger partial charge in [0.05, 0.1) is 23.9 Å². The Morgan fingerprint density at radius 3 is 2.40 bits per heavy atom. The second-order valence-corrected chi connectivity index (χ2v) is 13.1. The van der Waals surface area contributed by atoms with Crippen LogP contribution in [-0.2, 0) is 24.3 Å². The zero-order valence-corrected chi connectivity index (χ0v) is 25.8. The van der Waals surface area contributed by atoms with E-state index in [1.165, 1.54) is 0 Å². The number of hydrogen-bond donors (Lipinski definition) is 1. The van der Waals surface area contributed by atoms with Gasteiger partial charge in [0.1, 0.15) is 16.1 Å². The Morgan fingerprint density at radius 1 is 1.05 bits per heavy atom. The van der Waals surface area contributed by atoms with Crippen molar-refractivity contribution in [3.05, 3.63) is 80.8 Å². The van der Waals surface area contributed by atoms with Crippen LogP contribution in [0.15, 0.2) is 52.9 Å². The summed E-state index contributed by atoms with van der Waals surface area (Å²) in [6.07, 6.45) is 0.422. The van der Waals surface area contributed by atoms with Crippen molar-refractivity contribution < 1.29 is 19.1 Å². The van der Waals surface area contributed by atoms with Crippen LogP contribution in [0.1, 0.15) is 48.0 Å². The fraction of sp³-hybridized carbons (Fsp3) is 0.303. The Hall–Kier alpha value is -3.72. The number of carbonyl (C=O) groups is 1. The highest BCUT2D eigenvalue weighted by Crippen LogP contribution is 2.40. The number of aliphatic hydroxyl groups excluding tert-OH is 1. The number of aliphatic hydroxyl groups is 1. The maximum absolute atomic E-state index is 12.7. The van der Waals surface area contributed by atoms with Gasteiger partial charge in [-0.05, 0) is 80.6 Å². The average molecular weight is 602 g/mol. The maximum Gasteiger partial charge on any atom is 0.410 e. The van der Waals surface area contributed by atoms with Crippen molar-refractivity contribution in [3.8, 4) is 33.2 Å². The summed E-state index contributed by atoms with van der Waals surface area (Å²) in [7, 11) is 0. The number of amides is 1. The lowest BCUT2D eigenvalue weighted by molar-refractivity contribution is 0.0225. The van der Waals surface area contributed by atoms with Gasteiger partial charge >= 0.3 is 6.09 Å². The van der Waals surface area contributed by atoms with Gasteiger partial charge in [-0.25, -0.2) is 14.8 Å². The van der Waals surface area contributed by atoms with Gasteiger partial charge in [-0.15, -0.1) is 11.3 Å². The zero-order valence-electron chi connectivity index (χ0n) is 24.2. The van der Waals surface area contributed by atoms with E-state index in [0.29, 0.717) is 47.1 Å². The first-order valence-corrected chi connectivity index (χ1v) is 15.1. The first kappa shape index (κ1) is 28.4. The molecule has 1 aliphatic heterocycles. The number of hydrogen-bond acceptors (Lipinski definition) is 7. The van der Waals surface area contributed by atoms with E-state index in [1.54, 1.807) is 28.4 Å². The molecule has 1 amide bonds. The molecule has 1 aliphatic rings. The molecule has 7 nitrogen and oxygen atoms in total. The van der Waals surface area contributed by atoms with Crippen LogP contribution in [0.5, 0.6) is 0 Å². The van der Waals surface area contributed by atoms with E-state index in [9.17, 15) is 9.90 Å². The second kappa shape index (κ2) is 10.8. The van der Waals surface area contributed by atoms with Gasteiger partial charge in [0.25, 0.3) is 0 Å². The molecule has 0 unspecified atom stereocenters. The minimum atomic E-state index is -0.528. The predicted molar refractivity (Wildman–Crippen MR) is 167 cm³/mol. The first-order valence-electron chi connectivity index (χ1n) is 13.9. The molecule has 0 radical (unpaired) electrons.